The zero-order valence-corrected chi connectivity index (χ0v) is 11.0. The highest BCUT2D eigenvalue weighted by Gasteiger charge is 2.08. The summed E-state index contributed by atoms with van der Waals surface area (Å²) >= 11 is 0. The van der Waals surface area contributed by atoms with Gasteiger partial charge in [0.2, 0.25) is 5.91 Å². The van der Waals surface area contributed by atoms with E-state index in [1.165, 1.54) is 24.3 Å². The summed E-state index contributed by atoms with van der Waals surface area (Å²) in [6.07, 6.45) is -0.00964. The van der Waals surface area contributed by atoms with Crippen LogP contribution in [0.5, 0.6) is 0 Å². The molecule has 2 N–H and O–H groups in total. The number of benzene rings is 2. The Morgan fingerprint density at radius 2 is 1.67 bits per heavy atom. The van der Waals surface area contributed by atoms with Gasteiger partial charge in [-0.05, 0) is 30.3 Å². The normalized spacial score (nSPS) is 10.2. The van der Waals surface area contributed by atoms with Crippen molar-refractivity contribution in [3.63, 3.8) is 0 Å². The zero-order chi connectivity index (χ0) is 15.2. The van der Waals surface area contributed by atoms with Crippen LogP contribution in [0.2, 0.25) is 0 Å². The third-order valence-corrected chi connectivity index (χ3v) is 2.72. The Morgan fingerprint density at radius 3 is 2.33 bits per heavy atom. The summed E-state index contributed by atoms with van der Waals surface area (Å²) in [6, 6.07) is 8.96. The lowest BCUT2D eigenvalue weighted by Crippen LogP contribution is -2.17. The predicted octanol–water partition coefficient (Wildman–Crippen LogP) is 3.54. The van der Waals surface area contributed by atoms with Gasteiger partial charge >= 0.3 is 0 Å². The van der Waals surface area contributed by atoms with E-state index in [4.69, 9.17) is 0 Å². The second kappa shape index (κ2) is 6.78. The quantitative estimate of drug-likeness (QED) is 0.885. The molecule has 0 radical (unpaired) electrons. The molecular formula is C15H13F3N2O. The molecule has 0 atom stereocenters. The number of halogens is 3. The van der Waals surface area contributed by atoms with Gasteiger partial charge in [-0.25, -0.2) is 13.2 Å². The summed E-state index contributed by atoms with van der Waals surface area (Å²) < 4.78 is 39.6. The van der Waals surface area contributed by atoms with Crippen molar-refractivity contribution < 1.29 is 18.0 Å². The molecule has 6 heteroatoms. The van der Waals surface area contributed by atoms with E-state index in [1.54, 1.807) is 6.07 Å². The number of carbonyl (C=O) groups excluding carboxylic acids is 1. The fraction of sp³-hybridized carbons (Fsp3) is 0.133. The van der Waals surface area contributed by atoms with Gasteiger partial charge in [-0.2, -0.15) is 0 Å². The van der Waals surface area contributed by atoms with Gasteiger partial charge < -0.3 is 10.6 Å². The molecule has 0 unspecified atom stereocenters. The summed E-state index contributed by atoms with van der Waals surface area (Å²) in [5.41, 5.74) is 0.0631. The summed E-state index contributed by atoms with van der Waals surface area (Å²) in [7, 11) is 0. The topological polar surface area (TPSA) is 41.1 Å². The number of rotatable bonds is 5. The number of carbonyl (C=O) groups is 1. The molecule has 21 heavy (non-hydrogen) atoms. The van der Waals surface area contributed by atoms with Gasteiger partial charge in [-0.15, -0.1) is 0 Å². The van der Waals surface area contributed by atoms with Crippen molar-refractivity contribution >= 4 is 17.3 Å². The molecule has 2 aromatic rings. The largest absolute Gasteiger partial charge is 0.380 e. The number of nitrogens with one attached hydrogen (secondary N) is 2. The number of anilines is 2. The monoisotopic (exact) mass is 294 g/mol. The van der Waals surface area contributed by atoms with Crippen molar-refractivity contribution in [1.29, 1.82) is 0 Å². The second-order valence-corrected chi connectivity index (χ2v) is 4.33. The molecule has 0 aliphatic rings. The Morgan fingerprint density at radius 1 is 1.00 bits per heavy atom. The van der Waals surface area contributed by atoms with Crippen LogP contribution in [0.15, 0.2) is 42.5 Å². The van der Waals surface area contributed by atoms with E-state index in [-0.39, 0.29) is 24.6 Å². The van der Waals surface area contributed by atoms with Gasteiger partial charge in [0.15, 0.2) is 0 Å². The van der Waals surface area contributed by atoms with Crippen LogP contribution in [-0.4, -0.2) is 12.5 Å². The van der Waals surface area contributed by atoms with Gasteiger partial charge in [0.25, 0.3) is 0 Å². The minimum Gasteiger partial charge on any atom is -0.380 e. The Balaban J connectivity index is 1.85. The molecule has 0 aromatic heterocycles. The fourth-order valence-electron chi connectivity index (χ4n) is 1.76. The van der Waals surface area contributed by atoms with Crippen LogP contribution >= 0.6 is 0 Å². The van der Waals surface area contributed by atoms with Crippen LogP contribution in [0.25, 0.3) is 0 Å². The first-order valence-corrected chi connectivity index (χ1v) is 6.29. The van der Waals surface area contributed by atoms with Crippen LogP contribution in [0.3, 0.4) is 0 Å². The summed E-state index contributed by atoms with van der Waals surface area (Å²) in [5.74, 6) is -2.29. The molecule has 110 valence electrons. The molecule has 0 aliphatic carbocycles. The van der Waals surface area contributed by atoms with Crippen molar-refractivity contribution in [1.82, 2.24) is 0 Å². The maximum Gasteiger partial charge on any atom is 0.226 e. The van der Waals surface area contributed by atoms with Crippen LogP contribution in [0.4, 0.5) is 24.5 Å². The van der Waals surface area contributed by atoms with Gasteiger partial charge in [0.1, 0.15) is 23.1 Å². The molecular weight excluding hydrogens is 281 g/mol. The Labute approximate surface area is 119 Å². The third kappa shape index (κ3) is 4.24. The average Bonchev–Trinajstić information content (AvgIpc) is 2.42. The van der Waals surface area contributed by atoms with Crippen molar-refractivity contribution in [2.45, 2.75) is 6.42 Å². The van der Waals surface area contributed by atoms with Gasteiger partial charge in [0.05, 0.1) is 0 Å². The van der Waals surface area contributed by atoms with Crippen molar-refractivity contribution in [3.8, 4) is 0 Å². The van der Waals surface area contributed by atoms with Crippen molar-refractivity contribution in [3.05, 3.63) is 59.9 Å². The molecule has 0 saturated carbocycles. The standard InChI is InChI=1S/C15H13F3N2O/c16-10-3-1-4-11(9-10)20-14(21)7-8-19-15-12(17)5-2-6-13(15)18/h1-6,9,19H,7-8H2,(H,20,21). The van der Waals surface area contributed by atoms with E-state index in [1.807, 2.05) is 0 Å². The first kappa shape index (κ1) is 14.9. The zero-order valence-electron chi connectivity index (χ0n) is 11.0. The summed E-state index contributed by atoms with van der Waals surface area (Å²) in [6.45, 7) is 0.0546. The van der Waals surface area contributed by atoms with Crippen molar-refractivity contribution in [2.75, 3.05) is 17.2 Å². The predicted molar refractivity (Wildman–Crippen MR) is 74.5 cm³/mol. The number of para-hydroxylation sites is 1. The lowest BCUT2D eigenvalue weighted by molar-refractivity contribution is -0.115. The summed E-state index contributed by atoms with van der Waals surface area (Å²) in [5, 5.41) is 5.02. The number of hydrogen-bond acceptors (Lipinski definition) is 2. The fourth-order valence-corrected chi connectivity index (χ4v) is 1.76. The SMILES string of the molecule is O=C(CCNc1c(F)cccc1F)Nc1cccc(F)c1. The Hall–Kier alpha value is -2.50. The maximum atomic E-state index is 13.3. The number of amides is 1. The van der Waals surface area contributed by atoms with E-state index in [0.717, 1.165) is 12.1 Å². The highest BCUT2D eigenvalue weighted by molar-refractivity contribution is 5.90. The third-order valence-electron chi connectivity index (χ3n) is 2.72. The molecule has 0 heterocycles. The molecule has 0 aliphatic heterocycles. The van der Waals surface area contributed by atoms with Crippen LogP contribution in [-0.2, 0) is 4.79 Å². The minimum absolute atomic E-state index is 0.00964. The minimum atomic E-state index is -0.722. The highest BCUT2D eigenvalue weighted by atomic mass is 19.1. The first-order valence-electron chi connectivity index (χ1n) is 6.29. The second-order valence-electron chi connectivity index (χ2n) is 4.33. The van der Waals surface area contributed by atoms with Gasteiger partial charge in [-0.1, -0.05) is 12.1 Å². The van der Waals surface area contributed by atoms with Gasteiger partial charge in [0, 0.05) is 18.7 Å². The molecule has 2 aromatic carbocycles. The Bertz CT molecular complexity index is 626. The molecule has 0 spiro atoms. The lowest BCUT2D eigenvalue weighted by Gasteiger charge is -2.09. The number of hydrogen-bond donors (Lipinski definition) is 2. The molecule has 3 nitrogen and oxygen atoms in total. The van der Waals surface area contributed by atoms with E-state index < -0.39 is 17.5 Å². The molecule has 1 amide bonds. The molecule has 0 fully saturated rings. The van der Waals surface area contributed by atoms with E-state index in [0.29, 0.717) is 5.69 Å². The first-order chi connectivity index (χ1) is 10.1. The van der Waals surface area contributed by atoms with E-state index >= 15 is 0 Å². The lowest BCUT2D eigenvalue weighted by atomic mass is 10.2. The van der Waals surface area contributed by atoms with Crippen LogP contribution < -0.4 is 10.6 Å². The maximum absolute atomic E-state index is 13.3. The smallest absolute Gasteiger partial charge is 0.226 e. The Kier molecular flexibility index (Phi) is 4.81. The highest BCUT2D eigenvalue weighted by Crippen LogP contribution is 2.17. The molecule has 2 rings (SSSR count). The van der Waals surface area contributed by atoms with Crippen LogP contribution in [0, 0.1) is 17.5 Å². The van der Waals surface area contributed by atoms with Gasteiger partial charge in [-0.3, -0.25) is 4.79 Å². The molecule has 0 saturated heterocycles. The average molecular weight is 294 g/mol. The van der Waals surface area contributed by atoms with Crippen molar-refractivity contribution in [2.24, 2.45) is 0 Å². The van der Waals surface area contributed by atoms with Crippen LogP contribution in [0.1, 0.15) is 6.42 Å². The van der Waals surface area contributed by atoms with E-state index in [9.17, 15) is 18.0 Å². The summed E-state index contributed by atoms with van der Waals surface area (Å²) in [4.78, 5) is 11.6. The van der Waals surface area contributed by atoms with E-state index in [2.05, 4.69) is 10.6 Å². The molecule has 0 bridgehead atoms.